The molecule has 2 aromatic carbocycles. The zero-order chi connectivity index (χ0) is 19.6. The van der Waals surface area contributed by atoms with Gasteiger partial charge in [0.05, 0.1) is 12.3 Å². The Balaban J connectivity index is 2.02. The molecule has 1 aliphatic heterocycles. The van der Waals surface area contributed by atoms with Gasteiger partial charge in [-0.3, -0.25) is 14.9 Å². The molecular weight excluding hydrogens is 355 g/mol. The van der Waals surface area contributed by atoms with Crippen LogP contribution in [0.5, 0.6) is 11.5 Å². The summed E-state index contributed by atoms with van der Waals surface area (Å²) in [6.45, 7) is 2.06. The van der Waals surface area contributed by atoms with Crippen LogP contribution >= 0.6 is 0 Å². The maximum Gasteiger partial charge on any atom is 0.335 e. The number of hydrogen-bond acceptors (Lipinski definition) is 5. The molecule has 0 aromatic heterocycles. The Morgan fingerprint density at radius 2 is 1.85 bits per heavy atom. The molecule has 0 radical (unpaired) electrons. The third-order valence-electron chi connectivity index (χ3n) is 3.82. The first-order chi connectivity index (χ1) is 12.9. The van der Waals surface area contributed by atoms with E-state index in [1.54, 1.807) is 13.0 Å². The Morgan fingerprint density at radius 1 is 1.15 bits per heavy atom. The van der Waals surface area contributed by atoms with E-state index in [1.165, 1.54) is 30.3 Å². The van der Waals surface area contributed by atoms with Crippen LogP contribution in [0.4, 0.5) is 14.9 Å². The molecule has 0 aliphatic carbocycles. The predicted molar refractivity (Wildman–Crippen MR) is 94.7 cm³/mol. The van der Waals surface area contributed by atoms with Gasteiger partial charge in [0.1, 0.15) is 11.4 Å². The molecule has 0 spiro atoms. The molecule has 138 valence electrons. The smallest absolute Gasteiger partial charge is 0.335 e. The maximum atomic E-state index is 13.1. The average Bonchev–Trinajstić information content (AvgIpc) is 2.63. The summed E-state index contributed by atoms with van der Waals surface area (Å²) in [6.07, 6.45) is 1.17. The molecular formula is C19H15FN2O5. The molecule has 4 amide bonds. The second-order valence-corrected chi connectivity index (χ2v) is 5.56. The van der Waals surface area contributed by atoms with Crippen molar-refractivity contribution in [1.82, 2.24) is 5.32 Å². The largest absolute Gasteiger partial charge is 0.504 e. The number of nitrogens with zero attached hydrogens (tertiary/aromatic N) is 1. The van der Waals surface area contributed by atoms with Crippen LogP contribution in [0.25, 0.3) is 6.08 Å². The number of urea groups is 1. The van der Waals surface area contributed by atoms with Crippen molar-refractivity contribution >= 4 is 29.6 Å². The number of nitrogens with one attached hydrogen (secondary N) is 1. The first kappa shape index (κ1) is 18.1. The standard InChI is InChI=1S/C19H15FN2O5/c1-2-27-15-5-3-4-11(16(15)23)10-14-17(24)21-19(26)22(18(14)25)13-8-6-12(20)7-9-13/h3-10,23H,2H2,1H3,(H,21,24,26)/b14-10+. The number of anilines is 1. The highest BCUT2D eigenvalue weighted by Gasteiger charge is 2.37. The van der Waals surface area contributed by atoms with Crippen molar-refractivity contribution in [3.63, 3.8) is 0 Å². The molecule has 1 saturated heterocycles. The third kappa shape index (κ3) is 3.50. The number of halogens is 1. The Bertz CT molecular complexity index is 953. The summed E-state index contributed by atoms with van der Waals surface area (Å²) in [6, 6.07) is 8.34. The van der Waals surface area contributed by atoms with Crippen LogP contribution in [-0.4, -0.2) is 29.6 Å². The molecule has 0 unspecified atom stereocenters. The van der Waals surface area contributed by atoms with Gasteiger partial charge in [0, 0.05) is 5.56 Å². The van der Waals surface area contributed by atoms with E-state index < -0.39 is 23.7 Å². The van der Waals surface area contributed by atoms with Crippen molar-refractivity contribution in [2.45, 2.75) is 6.92 Å². The zero-order valence-corrected chi connectivity index (χ0v) is 14.2. The van der Waals surface area contributed by atoms with Crippen LogP contribution in [0, 0.1) is 5.82 Å². The molecule has 0 atom stereocenters. The number of ether oxygens (including phenoxy) is 1. The van der Waals surface area contributed by atoms with Crippen molar-refractivity contribution in [3.8, 4) is 11.5 Å². The molecule has 1 aliphatic rings. The van der Waals surface area contributed by atoms with Gasteiger partial charge in [0.25, 0.3) is 11.8 Å². The SMILES string of the molecule is CCOc1cccc(/C=C2\C(=O)NC(=O)N(c3ccc(F)cc3)C2=O)c1O. The summed E-state index contributed by atoms with van der Waals surface area (Å²) in [7, 11) is 0. The lowest BCUT2D eigenvalue weighted by atomic mass is 10.1. The Morgan fingerprint density at radius 3 is 2.52 bits per heavy atom. The van der Waals surface area contributed by atoms with Gasteiger partial charge in [0.15, 0.2) is 11.5 Å². The van der Waals surface area contributed by atoms with Gasteiger partial charge in [-0.2, -0.15) is 0 Å². The van der Waals surface area contributed by atoms with E-state index in [0.717, 1.165) is 17.0 Å². The predicted octanol–water partition coefficient (Wildman–Crippen LogP) is 2.60. The summed E-state index contributed by atoms with van der Waals surface area (Å²) in [5.74, 6) is -2.37. The number of amides is 4. The Hall–Kier alpha value is -3.68. The van der Waals surface area contributed by atoms with Crippen molar-refractivity contribution < 1.29 is 28.6 Å². The fraction of sp³-hybridized carbons (Fsp3) is 0.105. The highest BCUT2D eigenvalue weighted by molar-refractivity contribution is 6.39. The maximum absolute atomic E-state index is 13.1. The molecule has 0 bridgehead atoms. The summed E-state index contributed by atoms with van der Waals surface area (Å²) in [5.41, 5.74) is -0.0830. The molecule has 7 nitrogen and oxygen atoms in total. The summed E-state index contributed by atoms with van der Waals surface area (Å²) in [4.78, 5) is 37.7. The highest BCUT2D eigenvalue weighted by atomic mass is 19.1. The number of phenolic OH excluding ortho intramolecular Hbond substituents is 1. The second-order valence-electron chi connectivity index (χ2n) is 5.56. The van der Waals surface area contributed by atoms with Crippen molar-refractivity contribution in [1.29, 1.82) is 0 Å². The number of rotatable bonds is 4. The average molecular weight is 370 g/mol. The lowest BCUT2D eigenvalue weighted by Crippen LogP contribution is -2.54. The van der Waals surface area contributed by atoms with Gasteiger partial charge in [-0.05, 0) is 43.3 Å². The number of barbiturate groups is 1. The van der Waals surface area contributed by atoms with Crippen LogP contribution in [-0.2, 0) is 9.59 Å². The fourth-order valence-corrected chi connectivity index (χ4v) is 2.57. The lowest BCUT2D eigenvalue weighted by Gasteiger charge is -2.26. The number of para-hydroxylation sites is 1. The number of imide groups is 2. The van der Waals surface area contributed by atoms with E-state index in [9.17, 15) is 23.9 Å². The minimum absolute atomic E-state index is 0.101. The van der Waals surface area contributed by atoms with Crippen LogP contribution in [0.1, 0.15) is 12.5 Å². The van der Waals surface area contributed by atoms with E-state index in [0.29, 0.717) is 6.61 Å². The lowest BCUT2D eigenvalue weighted by molar-refractivity contribution is -0.122. The summed E-state index contributed by atoms with van der Waals surface area (Å²) in [5, 5.41) is 12.3. The van der Waals surface area contributed by atoms with Gasteiger partial charge in [-0.25, -0.2) is 14.1 Å². The minimum Gasteiger partial charge on any atom is -0.504 e. The van der Waals surface area contributed by atoms with E-state index in [-0.39, 0.29) is 28.3 Å². The monoisotopic (exact) mass is 370 g/mol. The zero-order valence-electron chi connectivity index (χ0n) is 14.2. The third-order valence-corrected chi connectivity index (χ3v) is 3.82. The molecule has 2 aromatic rings. The first-order valence-electron chi connectivity index (χ1n) is 8.04. The Labute approximate surface area is 153 Å². The van der Waals surface area contributed by atoms with E-state index >= 15 is 0 Å². The van der Waals surface area contributed by atoms with Gasteiger partial charge >= 0.3 is 6.03 Å². The van der Waals surface area contributed by atoms with E-state index in [4.69, 9.17) is 4.74 Å². The second kappa shape index (κ2) is 7.28. The molecule has 27 heavy (non-hydrogen) atoms. The number of benzene rings is 2. The molecule has 1 fully saturated rings. The van der Waals surface area contributed by atoms with Crippen LogP contribution in [0.2, 0.25) is 0 Å². The highest BCUT2D eigenvalue weighted by Crippen LogP contribution is 2.32. The normalized spacial score (nSPS) is 15.9. The Kier molecular flexibility index (Phi) is 4.89. The first-order valence-corrected chi connectivity index (χ1v) is 8.04. The van der Waals surface area contributed by atoms with Gasteiger partial charge in [-0.1, -0.05) is 12.1 Å². The van der Waals surface area contributed by atoms with E-state index in [2.05, 4.69) is 5.32 Å². The quantitative estimate of drug-likeness (QED) is 0.637. The van der Waals surface area contributed by atoms with Crippen LogP contribution in [0.3, 0.4) is 0 Å². The minimum atomic E-state index is -0.943. The number of hydrogen-bond donors (Lipinski definition) is 2. The van der Waals surface area contributed by atoms with Crippen molar-refractivity contribution in [2.75, 3.05) is 11.5 Å². The van der Waals surface area contributed by atoms with Crippen LogP contribution < -0.4 is 15.0 Å². The number of phenols is 1. The number of carbonyl (C=O) groups excluding carboxylic acids is 3. The van der Waals surface area contributed by atoms with Gasteiger partial charge < -0.3 is 9.84 Å². The van der Waals surface area contributed by atoms with E-state index in [1.807, 2.05) is 0 Å². The molecule has 8 heteroatoms. The molecule has 0 saturated carbocycles. The van der Waals surface area contributed by atoms with Gasteiger partial charge in [0.2, 0.25) is 0 Å². The molecule has 2 N–H and O–H groups in total. The molecule has 1 heterocycles. The number of aromatic hydroxyl groups is 1. The van der Waals surface area contributed by atoms with Gasteiger partial charge in [-0.15, -0.1) is 0 Å². The van der Waals surface area contributed by atoms with Crippen molar-refractivity contribution in [2.24, 2.45) is 0 Å². The topological polar surface area (TPSA) is 95.9 Å². The van der Waals surface area contributed by atoms with Crippen LogP contribution in [0.15, 0.2) is 48.0 Å². The fourth-order valence-electron chi connectivity index (χ4n) is 2.57. The molecule has 3 rings (SSSR count). The van der Waals surface area contributed by atoms with Crippen molar-refractivity contribution in [3.05, 3.63) is 59.4 Å². The number of carbonyl (C=O) groups is 3. The summed E-state index contributed by atoms with van der Waals surface area (Å²) >= 11 is 0. The summed E-state index contributed by atoms with van der Waals surface area (Å²) < 4.78 is 18.4.